The quantitative estimate of drug-likeness (QED) is 0.763. The summed E-state index contributed by atoms with van der Waals surface area (Å²) in [6.45, 7) is 5.21. The lowest BCUT2D eigenvalue weighted by atomic mass is 9.96. The fourth-order valence-electron chi connectivity index (χ4n) is 2.37. The van der Waals surface area contributed by atoms with Crippen molar-refractivity contribution in [1.82, 2.24) is 5.32 Å². The van der Waals surface area contributed by atoms with E-state index in [2.05, 4.69) is 65.4 Å². The first kappa shape index (κ1) is 15.6. The monoisotopic (exact) mass is 351 g/mol. The van der Waals surface area contributed by atoms with E-state index < -0.39 is 0 Å². The van der Waals surface area contributed by atoms with Crippen LogP contribution in [0.2, 0.25) is 5.02 Å². The van der Waals surface area contributed by atoms with Crippen molar-refractivity contribution in [1.29, 1.82) is 0 Å². The normalized spacial score (nSPS) is 12.4. The number of rotatable bonds is 5. The molecule has 2 rings (SSSR count). The summed E-state index contributed by atoms with van der Waals surface area (Å²) in [4.78, 5) is 0. The highest BCUT2D eigenvalue weighted by Crippen LogP contribution is 2.28. The van der Waals surface area contributed by atoms with Crippen molar-refractivity contribution in [3.05, 3.63) is 68.7 Å². The van der Waals surface area contributed by atoms with Crippen molar-refractivity contribution in [2.45, 2.75) is 26.3 Å². The third-order valence-corrected chi connectivity index (χ3v) is 4.00. The average molecular weight is 353 g/mol. The minimum Gasteiger partial charge on any atom is -0.307 e. The molecule has 2 aromatic carbocycles. The van der Waals surface area contributed by atoms with Crippen LogP contribution in [0.25, 0.3) is 0 Å². The van der Waals surface area contributed by atoms with Crippen LogP contribution in [0.5, 0.6) is 0 Å². The lowest BCUT2D eigenvalue weighted by molar-refractivity contribution is 0.630. The Morgan fingerprint density at radius 2 is 1.90 bits per heavy atom. The van der Waals surface area contributed by atoms with Gasteiger partial charge in [0.2, 0.25) is 0 Å². The molecule has 1 nitrogen and oxygen atoms in total. The minimum absolute atomic E-state index is 0.168. The summed E-state index contributed by atoms with van der Waals surface area (Å²) in [5, 5.41) is 4.30. The minimum atomic E-state index is 0.168. The van der Waals surface area contributed by atoms with Crippen LogP contribution in [0.3, 0.4) is 0 Å². The molecule has 0 radical (unpaired) electrons. The van der Waals surface area contributed by atoms with Gasteiger partial charge in [-0.2, -0.15) is 0 Å². The van der Waals surface area contributed by atoms with E-state index in [9.17, 15) is 0 Å². The lowest BCUT2D eigenvalue weighted by Gasteiger charge is -2.20. The summed E-state index contributed by atoms with van der Waals surface area (Å²) in [6, 6.07) is 15.0. The highest BCUT2D eigenvalue weighted by atomic mass is 79.9. The fraction of sp³-hybridized carbons (Fsp3) is 0.294. The molecular formula is C17H19BrClN. The Bertz CT molecular complexity index is 563. The van der Waals surface area contributed by atoms with Gasteiger partial charge in [0.1, 0.15) is 0 Å². The first-order chi connectivity index (χ1) is 9.63. The van der Waals surface area contributed by atoms with Gasteiger partial charge in [0.05, 0.1) is 6.04 Å². The number of halogens is 2. The van der Waals surface area contributed by atoms with Gasteiger partial charge in [0, 0.05) is 9.50 Å². The first-order valence-electron chi connectivity index (χ1n) is 6.92. The van der Waals surface area contributed by atoms with Crippen LogP contribution in [0.15, 0.2) is 46.9 Å². The molecule has 3 heteroatoms. The number of hydrogen-bond acceptors (Lipinski definition) is 1. The zero-order valence-corrected chi connectivity index (χ0v) is 14.1. The van der Waals surface area contributed by atoms with Crippen molar-refractivity contribution in [2.24, 2.45) is 0 Å². The molecule has 0 amide bonds. The molecule has 0 bridgehead atoms. The number of nitrogens with one attached hydrogen (secondary N) is 1. The Kier molecular flexibility index (Phi) is 5.64. The zero-order chi connectivity index (χ0) is 14.5. The summed E-state index contributed by atoms with van der Waals surface area (Å²) >= 11 is 9.70. The van der Waals surface area contributed by atoms with E-state index in [0.29, 0.717) is 0 Å². The molecule has 0 saturated carbocycles. The molecule has 0 aliphatic rings. The Morgan fingerprint density at radius 3 is 2.55 bits per heavy atom. The molecule has 20 heavy (non-hydrogen) atoms. The largest absolute Gasteiger partial charge is 0.307 e. The third-order valence-electron chi connectivity index (χ3n) is 3.32. The Labute approximate surface area is 134 Å². The maximum atomic E-state index is 6.18. The highest BCUT2D eigenvalue weighted by Gasteiger charge is 2.14. The van der Waals surface area contributed by atoms with Crippen LogP contribution >= 0.6 is 27.5 Å². The van der Waals surface area contributed by atoms with Gasteiger partial charge in [-0.25, -0.2) is 0 Å². The van der Waals surface area contributed by atoms with Gasteiger partial charge in [-0.1, -0.05) is 65.6 Å². The molecule has 0 aliphatic heterocycles. The Balaban J connectivity index is 2.43. The van der Waals surface area contributed by atoms with E-state index >= 15 is 0 Å². The molecule has 1 atom stereocenters. The molecule has 0 heterocycles. The summed E-state index contributed by atoms with van der Waals surface area (Å²) in [7, 11) is 0. The van der Waals surface area contributed by atoms with Crippen molar-refractivity contribution in [3.63, 3.8) is 0 Å². The summed E-state index contributed by atoms with van der Waals surface area (Å²) in [6.07, 6.45) is 1.05. The van der Waals surface area contributed by atoms with Gasteiger partial charge < -0.3 is 5.32 Å². The molecule has 1 N–H and O–H groups in total. The van der Waals surface area contributed by atoms with E-state index in [1.165, 1.54) is 16.7 Å². The van der Waals surface area contributed by atoms with E-state index in [0.717, 1.165) is 22.5 Å². The van der Waals surface area contributed by atoms with Crippen molar-refractivity contribution in [2.75, 3.05) is 6.54 Å². The summed E-state index contributed by atoms with van der Waals surface area (Å²) in [5.74, 6) is 0. The van der Waals surface area contributed by atoms with E-state index in [1.54, 1.807) is 0 Å². The van der Waals surface area contributed by atoms with Crippen molar-refractivity contribution < 1.29 is 0 Å². The average Bonchev–Trinajstić information content (AvgIpc) is 2.43. The van der Waals surface area contributed by atoms with Crippen LogP contribution in [-0.2, 0) is 6.42 Å². The molecule has 0 fully saturated rings. The molecular weight excluding hydrogens is 334 g/mol. The van der Waals surface area contributed by atoms with Gasteiger partial charge in [0.25, 0.3) is 0 Å². The number of benzene rings is 2. The van der Waals surface area contributed by atoms with Gasteiger partial charge in [0.15, 0.2) is 0 Å². The zero-order valence-electron chi connectivity index (χ0n) is 11.8. The van der Waals surface area contributed by atoms with Gasteiger partial charge in [-0.15, -0.1) is 0 Å². The Morgan fingerprint density at radius 1 is 1.10 bits per heavy atom. The summed E-state index contributed by atoms with van der Waals surface area (Å²) < 4.78 is 1.01. The molecule has 2 aromatic rings. The van der Waals surface area contributed by atoms with Gasteiger partial charge in [-0.05, 0) is 47.9 Å². The molecule has 0 aliphatic carbocycles. The maximum Gasteiger partial charge on any atom is 0.0577 e. The molecule has 106 valence electrons. The van der Waals surface area contributed by atoms with Gasteiger partial charge >= 0.3 is 0 Å². The predicted octanol–water partition coefficient (Wildman–Crippen LogP) is 5.36. The third kappa shape index (κ3) is 3.85. The smallest absolute Gasteiger partial charge is 0.0577 e. The molecule has 0 spiro atoms. The van der Waals surface area contributed by atoms with E-state index in [-0.39, 0.29) is 6.04 Å². The molecule has 0 saturated heterocycles. The highest BCUT2D eigenvalue weighted by molar-refractivity contribution is 9.10. The van der Waals surface area contributed by atoms with Gasteiger partial charge in [-0.3, -0.25) is 0 Å². The second kappa shape index (κ2) is 7.26. The van der Waals surface area contributed by atoms with Crippen LogP contribution < -0.4 is 5.32 Å². The summed E-state index contributed by atoms with van der Waals surface area (Å²) in [5.41, 5.74) is 3.81. The topological polar surface area (TPSA) is 12.0 Å². The molecule has 0 aromatic heterocycles. The van der Waals surface area contributed by atoms with Crippen LogP contribution in [0.4, 0.5) is 0 Å². The lowest BCUT2D eigenvalue weighted by Crippen LogP contribution is -2.22. The second-order valence-electron chi connectivity index (χ2n) is 4.79. The SMILES string of the molecule is CCNC(c1cc(Cl)cc(Br)c1)c1cccc(CC)c1. The first-order valence-corrected chi connectivity index (χ1v) is 8.09. The van der Waals surface area contributed by atoms with Crippen LogP contribution in [0, 0.1) is 0 Å². The van der Waals surface area contributed by atoms with Crippen molar-refractivity contribution >= 4 is 27.5 Å². The fourth-order valence-corrected chi connectivity index (χ4v) is 3.25. The standard InChI is InChI=1S/C17H19BrClN/c1-3-12-6-5-7-13(8-12)17(20-4-2)14-9-15(18)11-16(19)10-14/h5-11,17,20H,3-4H2,1-2H3. The second-order valence-corrected chi connectivity index (χ2v) is 6.14. The Hall–Kier alpha value is -0.830. The van der Waals surface area contributed by atoms with E-state index in [4.69, 9.17) is 11.6 Å². The number of hydrogen-bond donors (Lipinski definition) is 1. The van der Waals surface area contributed by atoms with Crippen LogP contribution in [0.1, 0.15) is 36.6 Å². The van der Waals surface area contributed by atoms with Crippen LogP contribution in [-0.4, -0.2) is 6.54 Å². The predicted molar refractivity (Wildman–Crippen MR) is 90.5 cm³/mol. The number of aryl methyl sites for hydroxylation is 1. The van der Waals surface area contributed by atoms with E-state index in [1.807, 2.05) is 12.1 Å². The maximum absolute atomic E-state index is 6.18. The van der Waals surface area contributed by atoms with Crippen molar-refractivity contribution in [3.8, 4) is 0 Å². The molecule has 1 unspecified atom stereocenters.